The van der Waals surface area contributed by atoms with Crippen LogP contribution in [-0.4, -0.2) is 41.4 Å². The summed E-state index contributed by atoms with van der Waals surface area (Å²) in [6.45, 7) is 5.56. The first-order chi connectivity index (χ1) is 11.3. The van der Waals surface area contributed by atoms with Gasteiger partial charge < -0.3 is 14.6 Å². The number of aliphatic hydroxyl groups is 1. The van der Waals surface area contributed by atoms with Gasteiger partial charge in [-0.05, 0) is 38.5 Å². The molecule has 1 unspecified atom stereocenters. The van der Waals surface area contributed by atoms with E-state index in [0.29, 0.717) is 11.5 Å². The highest BCUT2D eigenvalue weighted by atomic mass is 35.5. The maximum atomic E-state index is 12.1. The van der Waals surface area contributed by atoms with Crippen LogP contribution in [0.1, 0.15) is 26.3 Å². The van der Waals surface area contributed by atoms with E-state index in [0.717, 1.165) is 5.56 Å². The number of ether oxygens (including phenoxy) is 2. The number of hydrogen-bond donors (Lipinski definition) is 1. The first-order valence-electron chi connectivity index (χ1n) is 7.64. The molecule has 7 heteroatoms. The van der Waals surface area contributed by atoms with Gasteiger partial charge in [-0.25, -0.2) is 4.39 Å². The Bertz CT molecular complexity index is 611. The van der Waals surface area contributed by atoms with Gasteiger partial charge in [-0.2, -0.15) is 5.10 Å². The highest BCUT2D eigenvalue weighted by molar-refractivity contribution is 6.31. The molecule has 0 aromatic heterocycles. The van der Waals surface area contributed by atoms with Crippen molar-refractivity contribution in [2.24, 2.45) is 5.10 Å². The normalized spacial score (nSPS) is 18.1. The van der Waals surface area contributed by atoms with Crippen molar-refractivity contribution in [1.29, 1.82) is 0 Å². The minimum absolute atomic E-state index is 0.0387. The fraction of sp³-hybridized carbons (Fsp3) is 0.471. The van der Waals surface area contributed by atoms with Crippen molar-refractivity contribution < 1.29 is 19.0 Å². The van der Waals surface area contributed by atoms with Crippen molar-refractivity contribution in [2.45, 2.75) is 39.1 Å². The van der Waals surface area contributed by atoms with Crippen LogP contribution in [0.4, 0.5) is 4.39 Å². The lowest BCUT2D eigenvalue weighted by Crippen LogP contribution is -2.46. The molecule has 0 amide bonds. The third-order valence-corrected chi connectivity index (χ3v) is 3.73. The van der Waals surface area contributed by atoms with E-state index in [9.17, 15) is 9.50 Å². The van der Waals surface area contributed by atoms with Crippen LogP contribution in [0.3, 0.4) is 0 Å². The Morgan fingerprint density at radius 1 is 1.25 bits per heavy atom. The van der Waals surface area contributed by atoms with Gasteiger partial charge in [0.2, 0.25) is 0 Å². The summed E-state index contributed by atoms with van der Waals surface area (Å²) in [5, 5.41) is 16.2. The second-order valence-corrected chi connectivity index (χ2v) is 6.72. The first-order valence-corrected chi connectivity index (χ1v) is 8.02. The zero-order chi connectivity index (χ0) is 17.7. The molecule has 0 fully saturated rings. The molecule has 1 N–H and O–H groups in total. The van der Waals surface area contributed by atoms with Crippen molar-refractivity contribution in [1.82, 2.24) is 5.01 Å². The van der Waals surface area contributed by atoms with E-state index in [4.69, 9.17) is 21.1 Å². The fourth-order valence-corrected chi connectivity index (χ4v) is 2.32. The van der Waals surface area contributed by atoms with Crippen LogP contribution in [0.15, 0.2) is 40.2 Å². The highest BCUT2D eigenvalue weighted by Gasteiger charge is 2.32. The van der Waals surface area contributed by atoms with Gasteiger partial charge in [0.05, 0.1) is 11.8 Å². The van der Waals surface area contributed by atoms with E-state index in [1.807, 2.05) is 32.9 Å². The summed E-state index contributed by atoms with van der Waals surface area (Å²) in [5.74, 6) is 0.937. The predicted octanol–water partition coefficient (Wildman–Crippen LogP) is 3.42. The van der Waals surface area contributed by atoms with E-state index in [2.05, 4.69) is 5.10 Å². The molecule has 5 nitrogen and oxygen atoms in total. The van der Waals surface area contributed by atoms with Gasteiger partial charge in [-0.1, -0.05) is 23.7 Å². The monoisotopic (exact) mass is 355 g/mol. The first kappa shape index (κ1) is 18.5. The molecular weight excluding hydrogens is 334 g/mol. The van der Waals surface area contributed by atoms with Crippen molar-refractivity contribution >= 4 is 17.8 Å². The van der Waals surface area contributed by atoms with Crippen molar-refractivity contribution in [3.05, 3.63) is 40.6 Å². The molecule has 0 radical (unpaired) electrons. The smallest absolute Gasteiger partial charge is 0.183 e. The minimum Gasteiger partial charge on any atom is -0.491 e. The van der Waals surface area contributed by atoms with Crippen molar-refractivity contribution in [3.63, 3.8) is 0 Å². The van der Waals surface area contributed by atoms with Crippen molar-refractivity contribution in [3.8, 4) is 5.75 Å². The molecule has 1 atom stereocenters. The Hall–Kier alpha value is -1.79. The summed E-state index contributed by atoms with van der Waals surface area (Å²) in [6.07, 6.45) is 0.460. The molecule has 1 aromatic rings. The van der Waals surface area contributed by atoms with Gasteiger partial charge in [0, 0.05) is 0 Å². The number of hydrogen-bond acceptors (Lipinski definition) is 5. The van der Waals surface area contributed by atoms with Crippen molar-refractivity contribution in [2.75, 3.05) is 13.3 Å². The second-order valence-electron chi connectivity index (χ2n) is 6.32. The van der Waals surface area contributed by atoms with E-state index in [1.165, 1.54) is 11.2 Å². The number of aliphatic hydroxyl groups excluding tert-OH is 1. The lowest BCUT2D eigenvalue weighted by molar-refractivity contribution is -0.0264. The molecule has 1 aromatic carbocycles. The van der Waals surface area contributed by atoms with Gasteiger partial charge in [0.15, 0.2) is 12.0 Å². The van der Waals surface area contributed by atoms with Crippen LogP contribution in [0.5, 0.6) is 5.75 Å². The summed E-state index contributed by atoms with van der Waals surface area (Å²) in [5.41, 5.74) is 0.525. The van der Waals surface area contributed by atoms with Crippen LogP contribution in [0.25, 0.3) is 0 Å². The third kappa shape index (κ3) is 4.61. The Morgan fingerprint density at radius 2 is 1.92 bits per heavy atom. The Balaban J connectivity index is 1.97. The van der Waals surface area contributed by atoms with Gasteiger partial charge in [-0.15, -0.1) is 0 Å². The lowest BCUT2D eigenvalue weighted by Gasteiger charge is -2.38. The summed E-state index contributed by atoms with van der Waals surface area (Å²) >= 11 is 6.20. The van der Waals surface area contributed by atoms with E-state index in [-0.39, 0.29) is 23.8 Å². The Kier molecular flexibility index (Phi) is 6.07. The van der Waals surface area contributed by atoms with Gasteiger partial charge >= 0.3 is 0 Å². The average molecular weight is 356 g/mol. The molecule has 1 aliphatic heterocycles. The number of nitrogens with zero attached hydrogens (tertiary/aromatic N) is 2. The summed E-state index contributed by atoms with van der Waals surface area (Å²) in [4.78, 5) is 0. The molecular formula is C17H22ClFN2O3. The zero-order valence-corrected chi connectivity index (χ0v) is 14.8. The molecule has 2 rings (SSSR count). The van der Waals surface area contributed by atoms with Crippen LogP contribution in [0, 0.1) is 0 Å². The number of alkyl halides is 1. The van der Waals surface area contributed by atoms with Crippen LogP contribution >= 0.6 is 11.6 Å². The van der Waals surface area contributed by atoms with Gasteiger partial charge in [0.1, 0.15) is 30.7 Å². The second kappa shape index (κ2) is 7.85. The number of hydrazone groups is 1. The minimum atomic E-state index is -1.04. The predicted molar refractivity (Wildman–Crippen MR) is 91.7 cm³/mol. The molecule has 1 heterocycles. The average Bonchev–Trinajstić information content (AvgIpc) is 2.54. The van der Waals surface area contributed by atoms with Gasteiger partial charge in [0.25, 0.3) is 0 Å². The molecule has 0 bridgehead atoms. The summed E-state index contributed by atoms with van der Waals surface area (Å²) in [7, 11) is 0. The molecule has 132 valence electrons. The number of benzene rings is 1. The third-order valence-electron chi connectivity index (χ3n) is 3.34. The largest absolute Gasteiger partial charge is 0.491 e. The molecule has 24 heavy (non-hydrogen) atoms. The lowest BCUT2D eigenvalue weighted by atomic mass is 10.1. The number of rotatable bonds is 6. The Morgan fingerprint density at radius 3 is 2.50 bits per heavy atom. The van der Waals surface area contributed by atoms with Crippen LogP contribution in [-0.2, 0) is 11.3 Å². The fourth-order valence-electron chi connectivity index (χ4n) is 2.12. The van der Waals surface area contributed by atoms with Crippen LogP contribution < -0.4 is 4.74 Å². The van der Waals surface area contributed by atoms with E-state index in [1.54, 1.807) is 12.1 Å². The molecule has 1 aliphatic rings. The number of allylic oxidation sites excluding steroid dienone is 1. The zero-order valence-electron chi connectivity index (χ0n) is 14.0. The standard InChI is InChI=1S/C17H22ClFN2O3/c1-17(2,3)21-16(22)15(18)14(10-20-21)24-11-12-4-6-13(7-5-12)23-9-8-19/h4-7,10,16,22H,8-9,11H2,1-3H3/i19-1. The van der Waals surface area contributed by atoms with Gasteiger partial charge in [-0.3, -0.25) is 5.01 Å². The highest BCUT2D eigenvalue weighted by Crippen LogP contribution is 2.28. The molecule has 0 saturated carbocycles. The number of halogens is 2. The molecule has 0 saturated heterocycles. The molecule has 0 spiro atoms. The quantitative estimate of drug-likeness (QED) is 0.849. The maximum absolute atomic E-state index is 12.1. The molecule has 0 aliphatic carbocycles. The summed E-state index contributed by atoms with van der Waals surface area (Å²) in [6, 6.07) is 7.13. The summed E-state index contributed by atoms with van der Waals surface area (Å²) < 4.78 is 22.9. The van der Waals surface area contributed by atoms with E-state index < -0.39 is 12.9 Å². The van der Waals surface area contributed by atoms with Crippen LogP contribution in [0.2, 0.25) is 0 Å². The Labute approximate surface area is 146 Å². The maximum Gasteiger partial charge on any atom is 0.183 e. The van der Waals surface area contributed by atoms with E-state index >= 15 is 0 Å². The topological polar surface area (TPSA) is 54.3 Å². The SMILES string of the molecule is CC(C)(C)N1N=CC(OCc2ccc(OCC[18F])cc2)=C(Cl)C1O.